The quantitative estimate of drug-likeness (QED) is 0.181. The monoisotopic (exact) mass is 630 g/mol. The van der Waals surface area contributed by atoms with Crippen molar-refractivity contribution in [2.24, 2.45) is 0 Å². The number of thiophene rings is 1. The molecule has 0 saturated heterocycles. The molecule has 6 nitrogen and oxygen atoms in total. The normalized spacial score (nSPS) is 11.3. The maximum absolute atomic E-state index is 9.35. The Morgan fingerprint density at radius 1 is 0.604 bits per heavy atom. The zero-order chi connectivity index (χ0) is 32.2. The topological polar surface area (TPSA) is 71.8 Å². The lowest BCUT2D eigenvalue weighted by molar-refractivity contribution is 1.07. The fourth-order valence-corrected chi connectivity index (χ4v) is 7.67. The highest BCUT2D eigenvalue weighted by Crippen LogP contribution is 2.43. The molecule has 0 atom stereocenters. The molecule has 9 aromatic rings. The van der Waals surface area contributed by atoms with Crippen LogP contribution < -0.4 is 0 Å². The molecule has 0 bridgehead atoms. The number of hydrogen-bond acceptors (Lipinski definition) is 5. The van der Waals surface area contributed by atoms with Crippen molar-refractivity contribution in [3.05, 3.63) is 150 Å². The lowest BCUT2D eigenvalue weighted by atomic mass is 10.1. The van der Waals surface area contributed by atoms with Crippen LogP contribution in [0.1, 0.15) is 5.56 Å². The minimum absolute atomic E-state index is 0.503. The summed E-state index contributed by atoms with van der Waals surface area (Å²) in [4.78, 5) is 18.3. The van der Waals surface area contributed by atoms with Crippen LogP contribution in [-0.4, -0.2) is 19.5 Å². The summed E-state index contributed by atoms with van der Waals surface area (Å²) in [6, 6.07) is 46.7. The molecular formula is C41H22N6S. The fraction of sp³-hybridized carbons (Fsp3) is 0. The Morgan fingerprint density at radius 2 is 1.25 bits per heavy atom. The van der Waals surface area contributed by atoms with Crippen LogP contribution in [0.5, 0.6) is 0 Å². The number of para-hydroxylation sites is 1. The zero-order valence-corrected chi connectivity index (χ0v) is 26.1. The minimum atomic E-state index is 0.503. The van der Waals surface area contributed by atoms with E-state index in [1.165, 1.54) is 36.5 Å². The molecule has 222 valence electrons. The predicted molar refractivity (Wildman–Crippen MR) is 194 cm³/mol. The number of benzene rings is 6. The number of aromatic nitrogens is 4. The van der Waals surface area contributed by atoms with Gasteiger partial charge in [-0.2, -0.15) is 5.26 Å². The molecule has 0 spiro atoms. The lowest BCUT2D eigenvalue weighted by Gasteiger charge is -2.12. The summed E-state index contributed by atoms with van der Waals surface area (Å²) in [6.45, 7) is 7.36. The molecule has 0 radical (unpaired) electrons. The van der Waals surface area contributed by atoms with Crippen molar-refractivity contribution in [3.63, 3.8) is 0 Å². The second-order valence-electron chi connectivity index (χ2n) is 11.5. The number of fused-ring (bicyclic) bond motifs is 7. The predicted octanol–water partition coefficient (Wildman–Crippen LogP) is 10.8. The van der Waals surface area contributed by atoms with Crippen molar-refractivity contribution in [2.75, 3.05) is 0 Å². The van der Waals surface area contributed by atoms with Gasteiger partial charge in [-0.05, 0) is 48.5 Å². The van der Waals surface area contributed by atoms with E-state index in [1.54, 1.807) is 24.3 Å². The molecule has 0 aliphatic carbocycles. The zero-order valence-electron chi connectivity index (χ0n) is 25.3. The number of rotatable bonds is 4. The Balaban J connectivity index is 1.27. The van der Waals surface area contributed by atoms with Gasteiger partial charge in [-0.3, -0.25) is 0 Å². The maximum atomic E-state index is 9.35. The van der Waals surface area contributed by atoms with Crippen molar-refractivity contribution in [2.45, 2.75) is 0 Å². The minimum Gasteiger partial charge on any atom is -0.308 e. The first-order chi connectivity index (χ1) is 23.7. The lowest BCUT2D eigenvalue weighted by Crippen LogP contribution is -2.01. The number of hydrogen-bond donors (Lipinski definition) is 0. The summed E-state index contributed by atoms with van der Waals surface area (Å²) in [5, 5.41) is 14.3. The fourth-order valence-electron chi connectivity index (χ4n) is 6.43. The molecule has 6 aromatic carbocycles. The van der Waals surface area contributed by atoms with Crippen molar-refractivity contribution in [1.82, 2.24) is 19.5 Å². The van der Waals surface area contributed by atoms with E-state index in [2.05, 4.69) is 88.3 Å². The molecule has 48 heavy (non-hydrogen) atoms. The summed E-state index contributed by atoms with van der Waals surface area (Å²) < 4.78 is 4.88. The van der Waals surface area contributed by atoms with Crippen molar-refractivity contribution in [1.29, 1.82) is 5.26 Å². The first-order valence-electron chi connectivity index (χ1n) is 15.4. The van der Waals surface area contributed by atoms with Crippen molar-refractivity contribution < 1.29 is 0 Å². The SMILES string of the molecule is [C-]#[N+]c1ccc(-c2nc(-c3ccc(C#N)cc3)nc(-c3cccc(-n4c5ccccc5c5ccc6c7ccccc7sc6c54)c3)n2)cc1. The van der Waals surface area contributed by atoms with Crippen LogP contribution in [0.2, 0.25) is 0 Å². The van der Waals surface area contributed by atoms with E-state index < -0.39 is 0 Å². The molecule has 9 rings (SSSR count). The van der Waals surface area contributed by atoms with E-state index >= 15 is 0 Å². The molecule has 0 aliphatic heterocycles. The molecule has 0 unspecified atom stereocenters. The Kier molecular flexibility index (Phi) is 6.33. The van der Waals surface area contributed by atoms with Gasteiger partial charge in [-0.15, -0.1) is 11.3 Å². The molecule has 0 amide bonds. The van der Waals surface area contributed by atoms with E-state index in [9.17, 15) is 5.26 Å². The maximum Gasteiger partial charge on any atom is 0.187 e. The van der Waals surface area contributed by atoms with Gasteiger partial charge in [-0.25, -0.2) is 19.8 Å². The van der Waals surface area contributed by atoms with Crippen molar-refractivity contribution in [3.8, 4) is 45.9 Å². The third-order valence-corrected chi connectivity index (χ3v) is 9.90. The molecule has 3 aromatic heterocycles. The van der Waals surface area contributed by atoms with Crippen molar-refractivity contribution >= 4 is 59.0 Å². The van der Waals surface area contributed by atoms with E-state index in [0.29, 0.717) is 28.7 Å². The molecule has 0 fully saturated rings. The van der Waals surface area contributed by atoms with Gasteiger partial charge >= 0.3 is 0 Å². The first kappa shape index (κ1) is 27.6. The Bertz CT molecular complexity index is 2720. The molecule has 0 aliphatic rings. The van der Waals surface area contributed by atoms with E-state index in [0.717, 1.165) is 27.9 Å². The van der Waals surface area contributed by atoms with E-state index in [1.807, 2.05) is 47.7 Å². The summed E-state index contributed by atoms with van der Waals surface area (Å²) in [5.41, 5.74) is 6.84. The largest absolute Gasteiger partial charge is 0.308 e. The highest BCUT2D eigenvalue weighted by molar-refractivity contribution is 7.26. The van der Waals surface area contributed by atoms with E-state index in [-0.39, 0.29) is 0 Å². The van der Waals surface area contributed by atoms with Gasteiger partial charge in [-0.1, -0.05) is 84.9 Å². The summed E-state index contributed by atoms with van der Waals surface area (Å²) in [6.07, 6.45) is 0. The van der Waals surface area contributed by atoms with Gasteiger partial charge in [0.2, 0.25) is 0 Å². The van der Waals surface area contributed by atoms with Crippen LogP contribution >= 0.6 is 11.3 Å². The van der Waals surface area contributed by atoms with E-state index in [4.69, 9.17) is 21.5 Å². The summed E-state index contributed by atoms with van der Waals surface area (Å²) in [7, 11) is 0. The molecule has 3 heterocycles. The van der Waals surface area contributed by atoms with Gasteiger partial charge in [0.05, 0.1) is 33.9 Å². The van der Waals surface area contributed by atoms with Gasteiger partial charge in [0, 0.05) is 48.6 Å². The van der Waals surface area contributed by atoms with Gasteiger partial charge in [0.25, 0.3) is 0 Å². The van der Waals surface area contributed by atoms with Crippen LogP contribution in [0.15, 0.2) is 133 Å². The Hall–Kier alpha value is -6.67. The number of nitrogens with zero attached hydrogens (tertiary/aromatic N) is 6. The molecular weight excluding hydrogens is 609 g/mol. The second-order valence-corrected chi connectivity index (χ2v) is 12.5. The Labute approximate surface area is 279 Å². The average Bonchev–Trinajstić information content (AvgIpc) is 3.71. The standard InChI is InChI=1S/C41H22N6S/c1-43-29-19-17-27(18-20-29)40-44-39(26-15-13-25(24-42)14-16-26)45-41(46-40)28-7-6-8-30(23-28)47-35-11-4-2-9-31(35)33-21-22-34-32-10-3-5-12-36(32)48-38(34)37(33)47/h2-23H. The van der Waals surface area contributed by atoms with Crippen LogP contribution in [-0.2, 0) is 0 Å². The van der Waals surface area contributed by atoms with Gasteiger partial charge in [0.1, 0.15) is 0 Å². The Morgan fingerprint density at radius 3 is 1.98 bits per heavy atom. The van der Waals surface area contributed by atoms with Gasteiger partial charge < -0.3 is 4.57 Å². The van der Waals surface area contributed by atoms with Crippen LogP contribution in [0, 0.1) is 17.9 Å². The average molecular weight is 631 g/mol. The van der Waals surface area contributed by atoms with Gasteiger partial charge in [0.15, 0.2) is 23.2 Å². The smallest absolute Gasteiger partial charge is 0.187 e. The summed E-state index contributed by atoms with van der Waals surface area (Å²) in [5.74, 6) is 1.54. The third-order valence-electron chi connectivity index (χ3n) is 8.70. The first-order valence-corrected chi connectivity index (χ1v) is 16.2. The third kappa shape index (κ3) is 4.42. The molecule has 0 N–H and O–H groups in total. The second kappa shape index (κ2) is 11.0. The van der Waals surface area contributed by atoms with Crippen LogP contribution in [0.25, 0.3) is 86.7 Å². The highest BCUT2D eigenvalue weighted by Gasteiger charge is 2.19. The van der Waals surface area contributed by atoms with Crippen LogP contribution in [0.4, 0.5) is 5.69 Å². The number of nitriles is 1. The summed E-state index contributed by atoms with van der Waals surface area (Å²) >= 11 is 1.83. The molecule has 0 saturated carbocycles. The highest BCUT2D eigenvalue weighted by atomic mass is 32.1. The van der Waals surface area contributed by atoms with Crippen LogP contribution in [0.3, 0.4) is 0 Å². The molecule has 7 heteroatoms.